The Morgan fingerprint density at radius 2 is 1.02 bits per heavy atom. The number of carbonyl (C=O) groups excluding carboxylic acids is 1. The van der Waals surface area contributed by atoms with Gasteiger partial charge in [-0.1, -0.05) is 199 Å². The minimum Gasteiger partial charge on any atom is -0.394 e. The fourth-order valence-corrected chi connectivity index (χ4v) is 7.39. The molecule has 1 saturated heterocycles. The van der Waals surface area contributed by atoms with Crippen molar-refractivity contribution in [2.45, 2.75) is 256 Å². The lowest BCUT2D eigenvalue weighted by Gasteiger charge is -2.40. The molecule has 1 fully saturated rings. The summed E-state index contributed by atoms with van der Waals surface area (Å²) in [5.74, 6) is -0.174. The van der Waals surface area contributed by atoms with Crippen LogP contribution >= 0.6 is 0 Å². The van der Waals surface area contributed by atoms with Crippen LogP contribution < -0.4 is 5.32 Å². The molecule has 9 nitrogen and oxygen atoms in total. The maximum Gasteiger partial charge on any atom is 0.220 e. The van der Waals surface area contributed by atoms with E-state index in [4.69, 9.17) is 9.47 Å². The van der Waals surface area contributed by atoms with Gasteiger partial charge in [0.25, 0.3) is 0 Å². The second kappa shape index (κ2) is 36.3. The van der Waals surface area contributed by atoms with Crippen LogP contribution in [0.25, 0.3) is 0 Å². The SMILES string of the molecule is CCCCCCCCCCCCC/C=C/C(O)C(COC1OC(CO)C(O)C(O)C1O)NC(=O)CCCCCCCCCCCCCCCCCCCC. The number of nitrogens with one attached hydrogen (secondary N) is 1. The van der Waals surface area contributed by atoms with Crippen LogP contribution in [-0.2, 0) is 14.3 Å². The zero-order valence-electron chi connectivity index (χ0n) is 35.0. The molecule has 6 N–H and O–H groups in total. The van der Waals surface area contributed by atoms with Crippen LogP contribution in [0.2, 0.25) is 0 Å². The first-order valence-corrected chi connectivity index (χ1v) is 22.9. The molecule has 1 amide bonds. The number of hydrogen-bond acceptors (Lipinski definition) is 8. The summed E-state index contributed by atoms with van der Waals surface area (Å²) in [6, 6.07) is -0.797. The van der Waals surface area contributed by atoms with Gasteiger partial charge >= 0.3 is 0 Å². The molecular weight excluding hydrogens is 682 g/mol. The lowest BCUT2D eigenvalue weighted by Crippen LogP contribution is -2.60. The summed E-state index contributed by atoms with van der Waals surface area (Å²) in [4.78, 5) is 12.9. The molecule has 1 heterocycles. The molecule has 7 atom stereocenters. The molecule has 0 aromatic carbocycles. The summed E-state index contributed by atoms with van der Waals surface area (Å²) in [6.07, 6.45) is 33.9. The Bertz CT molecular complexity index is 858. The number of rotatable bonds is 38. The molecule has 0 aromatic rings. The topological polar surface area (TPSA) is 149 Å². The van der Waals surface area contributed by atoms with Gasteiger partial charge in [0.15, 0.2) is 6.29 Å². The first-order valence-electron chi connectivity index (χ1n) is 22.9. The summed E-state index contributed by atoms with van der Waals surface area (Å²) in [5, 5.41) is 54.1. The Labute approximate surface area is 331 Å². The van der Waals surface area contributed by atoms with Crippen molar-refractivity contribution in [1.29, 1.82) is 0 Å². The van der Waals surface area contributed by atoms with Crippen molar-refractivity contribution in [3.63, 3.8) is 0 Å². The lowest BCUT2D eigenvalue weighted by atomic mass is 9.99. The molecule has 1 rings (SSSR count). The number of hydrogen-bond donors (Lipinski definition) is 6. The zero-order chi connectivity index (χ0) is 39.5. The van der Waals surface area contributed by atoms with Crippen LogP contribution in [-0.4, -0.2) is 87.5 Å². The zero-order valence-corrected chi connectivity index (χ0v) is 35.0. The number of unbranched alkanes of at least 4 members (excludes halogenated alkanes) is 28. The Balaban J connectivity index is 2.33. The van der Waals surface area contributed by atoms with E-state index in [1.165, 1.54) is 154 Å². The number of allylic oxidation sites excluding steroid dienone is 1. The number of carbonyl (C=O) groups is 1. The van der Waals surface area contributed by atoms with Crippen molar-refractivity contribution in [2.75, 3.05) is 13.2 Å². The van der Waals surface area contributed by atoms with E-state index in [-0.39, 0.29) is 12.5 Å². The highest BCUT2D eigenvalue weighted by atomic mass is 16.7. The molecule has 54 heavy (non-hydrogen) atoms. The fraction of sp³-hybridized carbons (Fsp3) is 0.933. The van der Waals surface area contributed by atoms with Crippen molar-refractivity contribution in [3.05, 3.63) is 12.2 Å². The Morgan fingerprint density at radius 1 is 0.611 bits per heavy atom. The monoisotopic (exact) mass is 770 g/mol. The van der Waals surface area contributed by atoms with Gasteiger partial charge in [0.05, 0.1) is 25.4 Å². The van der Waals surface area contributed by atoms with Gasteiger partial charge in [-0.15, -0.1) is 0 Å². The lowest BCUT2D eigenvalue weighted by molar-refractivity contribution is -0.302. The largest absolute Gasteiger partial charge is 0.394 e. The summed E-state index contributed by atoms with van der Waals surface area (Å²) in [7, 11) is 0. The third kappa shape index (κ3) is 26.7. The van der Waals surface area contributed by atoms with E-state index in [1.807, 2.05) is 6.08 Å². The Kier molecular flexibility index (Phi) is 34.2. The maximum atomic E-state index is 12.9. The summed E-state index contributed by atoms with van der Waals surface area (Å²) in [5.41, 5.74) is 0. The van der Waals surface area contributed by atoms with Crippen molar-refractivity contribution in [3.8, 4) is 0 Å². The average molecular weight is 770 g/mol. The van der Waals surface area contributed by atoms with Gasteiger partial charge in [0.2, 0.25) is 5.91 Å². The van der Waals surface area contributed by atoms with Crippen molar-refractivity contribution >= 4 is 5.91 Å². The third-order valence-corrected chi connectivity index (χ3v) is 11.1. The Morgan fingerprint density at radius 3 is 1.44 bits per heavy atom. The normalized spacial score (nSPS) is 21.5. The van der Waals surface area contributed by atoms with Gasteiger partial charge in [0, 0.05) is 6.42 Å². The summed E-state index contributed by atoms with van der Waals surface area (Å²) >= 11 is 0. The van der Waals surface area contributed by atoms with E-state index in [0.29, 0.717) is 6.42 Å². The molecule has 9 heteroatoms. The van der Waals surface area contributed by atoms with Crippen LogP contribution in [0, 0.1) is 0 Å². The van der Waals surface area contributed by atoms with E-state index >= 15 is 0 Å². The van der Waals surface area contributed by atoms with Gasteiger partial charge in [-0.2, -0.15) is 0 Å². The molecule has 320 valence electrons. The van der Waals surface area contributed by atoms with Gasteiger partial charge in [0.1, 0.15) is 24.4 Å². The van der Waals surface area contributed by atoms with E-state index in [0.717, 1.165) is 38.5 Å². The van der Waals surface area contributed by atoms with Crippen molar-refractivity contribution in [1.82, 2.24) is 5.32 Å². The number of ether oxygens (including phenoxy) is 2. The molecule has 0 saturated carbocycles. The molecule has 0 aromatic heterocycles. The number of aliphatic hydroxyl groups is 5. The van der Waals surface area contributed by atoms with E-state index in [1.54, 1.807) is 6.08 Å². The van der Waals surface area contributed by atoms with Gasteiger partial charge in [-0.05, 0) is 19.3 Å². The highest BCUT2D eigenvalue weighted by Crippen LogP contribution is 2.23. The van der Waals surface area contributed by atoms with Crippen LogP contribution in [0.4, 0.5) is 0 Å². The molecule has 7 unspecified atom stereocenters. The Hall–Kier alpha value is -1.07. The molecule has 0 bridgehead atoms. The van der Waals surface area contributed by atoms with Crippen LogP contribution in [0.15, 0.2) is 12.2 Å². The van der Waals surface area contributed by atoms with Crippen molar-refractivity contribution < 1.29 is 39.8 Å². The summed E-state index contributed by atoms with van der Waals surface area (Å²) in [6.45, 7) is 3.78. The van der Waals surface area contributed by atoms with Gasteiger partial charge in [-0.3, -0.25) is 4.79 Å². The molecule has 0 aliphatic carbocycles. The second-order valence-corrected chi connectivity index (χ2v) is 16.2. The standard InChI is InChI=1S/C45H87NO8/c1-3-5-7-9-11-13-15-17-18-19-20-21-23-25-27-29-31-33-35-41(49)46-38(37-53-45-44(52)43(51)42(50)40(36-47)54-45)39(48)34-32-30-28-26-24-22-16-14-12-10-8-6-4-2/h32,34,38-40,42-45,47-48,50-52H,3-31,33,35-37H2,1-2H3,(H,46,49)/b34-32+. The minimum atomic E-state index is -1.56. The van der Waals surface area contributed by atoms with Crippen molar-refractivity contribution in [2.24, 2.45) is 0 Å². The molecule has 0 spiro atoms. The molecule has 1 aliphatic heterocycles. The molecule has 1 aliphatic rings. The van der Waals surface area contributed by atoms with Gasteiger partial charge < -0.3 is 40.3 Å². The molecular formula is C45H87NO8. The predicted molar refractivity (Wildman–Crippen MR) is 221 cm³/mol. The smallest absolute Gasteiger partial charge is 0.220 e. The number of amides is 1. The highest BCUT2D eigenvalue weighted by Gasteiger charge is 2.44. The van der Waals surface area contributed by atoms with Crippen LogP contribution in [0.1, 0.15) is 213 Å². The first kappa shape index (κ1) is 50.9. The third-order valence-electron chi connectivity index (χ3n) is 11.1. The second-order valence-electron chi connectivity index (χ2n) is 16.2. The average Bonchev–Trinajstić information content (AvgIpc) is 3.17. The van der Waals surface area contributed by atoms with Crippen LogP contribution in [0.3, 0.4) is 0 Å². The predicted octanol–water partition coefficient (Wildman–Crippen LogP) is 9.34. The maximum absolute atomic E-state index is 12.9. The highest BCUT2D eigenvalue weighted by molar-refractivity contribution is 5.76. The fourth-order valence-electron chi connectivity index (χ4n) is 7.39. The summed E-state index contributed by atoms with van der Waals surface area (Å²) < 4.78 is 11.2. The van der Waals surface area contributed by atoms with Crippen LogP contribution in [0.5, 0.6) is 0 Å². The van der Waals surface area contributed by atoms with E-state index < -0.39 is 49.5 Å². The minimum absolute atomic E-state index is 0.174. The van der Waals surface area contributed by atoms with E-state index in [2.05, 4.69) is 19.2 Å². The number of aliphatic hydroxyl groups excluding tert-OH is 5. The van der Waals surface area contributed by atoms with Gasteiger partial charge in [-0.25, -0.2) is 0 Å². The van der Waals surface area contributed by atoms with E-state index in [9.17, 15) is 30.3 Å². The quantitative estimate of drug-likeness (QED) is 0.0269. The first-order chi connectivity index (χ1) is 26.3. The molecule has 0 radical (unpaired) electrons.